The van der Waals surface area contributed by atoms with E-state index < -0.39 is 10.0 Å². The molecule has 4 heterocycles. The van der Waals surface area contributed by atoms with Crippen LogP contribution in [0.25, 0.3) is 0 Å². The molecule has 1 aromatic carbocycles. The maximum atomic E-state index is 13.5. The second-order valence-corrected chi connectivity index (χ2v) is 12.4. The van der Waals surface area contributed by atoms with Gasteiger partial charge in [-0.15, -0.1) is 11.3 Å². The molecule has 196 valence electrons. The Morgan fingerprint density at radius 3 is 2.54 bits per heavy atom. The van der Waals surface area contributed by atoms with Crippen molar-refractivity contribution in [3.63, 3.8) is 0 Å². The number of nitrogens with zero attached hydrogens (tertiary/aromatic N) is 5. The molecule has 0 aliphatic carbocycles. The van der Waals surface area contributed by atoms with E-state index in [1.165, 1.54) is 0 Å². The summed E-state index contributed by atoms with van der Waals surface area (Å²) in [6.45, 7) is 4.77. The molecule has 2 aliphatic heterocycles. The summed E-state index contributed by atoms with van der Waals surface area (Å²) >= 11 is 1.62. The fourth-order valence-electron chi connectivity index (χ4n) is 5.27. The third-order valence-corrected chi connectivity index (χ3v) is 9.96. The fraction of sp³-hybridized carbons (Fsp3) is 0.423. The predicted octanol–water partition coefficient (Wildman–Crippen LogP) is 4.83. The molecule has 2 saturated heterocycles. The molecule has 9 nitrogen and oxygen atoms in total. The highest BCUT2D eigenvalue weighted by Gasteiger charge is 2.44. The monoisotopic (exact) mass is 539 g/mol. The van der Waals surface area contributed by atoms with E-state index in [-0.39, 0.29) is 10.9 Å². The largest absolute Gasteiger partial charge is 0.344 e. The van der Waals surface area contributed by atoms with E-state index in [0.29, 0.717) is 23.8 Å². The molecule has 2 bridgehead atoms. The molecule has 0 spiro atoms. The maximum Gasteiger partial charge on any atom is 0.243 e. The lowest BCUT2D eigenvalue weighted by Crippen LogP contribution is -2.50. The van der Waals surface area contributed by atoms with Gasteiger partial charge in [-0.3, -0.25) is 4.90 Å². The molecule has 0 radical (unpaired) electrons. The zero-order valence-corrected chi connectivity index (χ0v) is 23.0. The normalized spacial score (nSPS) is 22.4. The lowest BCUT2D eigenvalue weighted by atomic mass is 9.97. The number of anilines is 3. The van der Waals surface area contributed by atoms with Crippen molar-refractivity contribution in [3.8, 4) is 0 Å². The summed E-state index contributed by atoms with van der Waals surface area (Å²) in [6.07, 6.45) is 7.57. The van der Waals surface area contributed by atoms with Gasteiger partial charge < -0.3 is 10.6 Å². The molecule has 2 unspecified atom stereocenters. The average molecular weight is 540 g/mol. The summed E-state index contributed by atoms with van der Waals surface area (Å²) in [4.78, 5) is 16.0. The Hall–Kier alpha value is -2.86. The fourth-order valence-corrected chi connectivity index (χ4v) is 7.19. The molecule has 11 heteroatoms. The third-order valence-electron chi connectivity index (χ3n) is 7.40. The molecule has 0 saturated carbocycles. The van der Waals surface area contributed by atoms with Crippen molar-refractivity contribution in [2.75, 3.05) is 17.7 Å². The minimum Gasteiger partial charge on any atom is -0.344 e. The van der Waals surface area contributed by atoms with E-state index in [4.69, 9.17) is 0 Å². The summed E-state index contributed by atoms with van der Waals surface area (Å²) in [5, 5.41) is 8.45. The number of allylic oxidation sites excluding steroid dienone is 2. The first kappa shape index (κ1) is 25.8. The highest BCUT2D eigenvalue weighted by molar-refractivity contribution is 7.89. The Morgan fingerprint density at radius 2 is 1.89 bits per heavy atom. The summed E-state index contributed by atoms with van der Waals surface area (Å²) < 4.78 is 28.6. The van der Waals surface area contributed by atoms with Crippen LogP contribution in [0.1, 0.15) is 45.2 Å². The predicted molar refractivity (Wildman–Crippen MR) is 147 cm³/mol. The first-order valence-corrected chi connectivity index (χ1v) is 14.9. The second-order valence-electron chi connectivity index (χ2n) is 9.70. The summed E-state index contributed by atoms with van der Waals surface area (Å²) in [6, 6.07) is 9.38. The van der Waals surface area contributed by atoms with Gasteiger partial charge in [-0.05, 0) is 69.9 Å². The SMILES string of the molecule is C/C=C(\C)Nc1ccnc(Nc2ccc(S(=O)(=O)N(C)C3CC4CCC(C3)N4Cc3cscn3)cc2)n1. The van der Waals surface area contributed by atoms with Gasteiger partial charge in [0, 0.05) is 54.7 Å². The van der Waals surface area contributed by atoms with Crippen molar-refractivity contribution in [2.45, 2.75) is 69.1 Å². The van der Waals surface area contributed by atoms with Crippen LogP contribution in [0.4, 0.5) is 17.5 Å². The second kappa shape index (κ2) is 10.9. The van der Waals surface area contributed by atoms with Crippen LogP contribution in [-0.2, 0) is 16.6 Å². The number of aromatic nitrogens is 3. The van der Waals surface area contributed by atoms with Gasteiger partial charge in [0.2, 0.25) is 16.0 Å². The molecular weight excluding hydrogens is 506 g/mol. The Kier molecular flexibility index (Phi) is 7.57. The zero-order valence-electron chi connectivity index (χ0n) is 21.3. The van der Waals surface area contributed by atoms with Gasteiger partial charge in [-0.25, -0.2) is 18.4 Å². The van der Waals surface area contributed by atoms with Gasteiger partial charge >= 0.3 is 0 Å². The Labute approximate surface area is 222 Å². The lowest BCUT2D eigenvalue weighted by molar-refractivity contribution is 0.0896. The van der Waals surface area contributed by atoms with Gasteiger partial charge in [-0.2, -0.15) is 9.29 Å². The summed E-state index contributed by atoms with van der Waals surface area (Å²) in [5.41, 5.74) is 4.69. The molecule has 2 aliphatic rings. The van der Waals surface area contributed by atoms with Crippen LogP contribution in [0.2, 0.25) is 0 Å². The molecule has 0 amide bonds. The van der Waals surface area contributed by atoms with Gasteiger partial charge in [0.25, 0.3) is 0 Å². The average Bonchev–Trinajstić information content (AvgIpc) is 3.48. The number of fused-ring (bicyclic) bond motifs is 2. The van der Waals surface area contributed by atoms with Crippen molar-refractivity contribution in [1.29, 1.82) is 0 Å². The summed E-state index contributed by atoms with van der Waals surface area (Å²) in [7, 11) is -1.89. The minimum atomic E-state index is -3.61. The molecule has 2 N–H and O–H groups in total. The quantitative estimate of drug-likeness (QED) is 0.399. The van der Waals surface area contributed by atoms with Gasteiger partial charge in [0.1, 0.15) is 5.82 Å². The lowest BCUT2D eigenvalue weighted by Gasteiger charge is -2.41. The van der Waals surface area contributed by atoms with Crippen molar-refractivity contribution in [1.82, 2.24) is 24.2 Å². The molecular formula is C26H33N7O2S2. The van der Waals surface area contributed by atoms with E-state index in [0.717, 1.165) is 49.3 Å². The van der Waals surface area contributed by atoms with Crippen molar-refractivity contribution < 1.29 is 8.42 Å². The smallest absolute Gasteiger partial charge is 0.243 e. The van der Waals surface area contributed by atoms with Gasteiger partial charge in [-0.1, -0.05) is 6.08 Å². The number of nitrogens with one attached hydrogen (secondary N) is 2. The maximum absolute atomic E-state index is 13.5. The van der Waals surface area contributed by atoms with Crippen LogP contribution in [0.15, 0.2) is 64.1 Å². The topological polar surface area (TPSA) is 103 Å². The number of thiazole rings is 1. The highest BCUT2D eigenvalue weighted by Crippen LogP contribution is 2.39. The van der Waals surface area contributed by atoms with E-state index in [2.05, 4.69) is 35.9 Å². The van der Waals surface area contributed by atoms with Crippen LogP contribution in [-0.4, -0.2) is 57.7 Å². The Bertz CT molecular complexity index is 1330. The molecule has 37 heavy (non-hydrogen) atoms. The molecule has 5 rings (SSSR count). The van der Waals surface area contributed by atoms with Crippen molar-refractivity contribution in [2.24, 2.45) is 0 Å². The zero-order chi connectivity index (χ0) is 26.0. The van der Waals surface area contributed by atoms with Crippen LogP contribution in [0, 0.1) is 0 Å². The Morgan fingerprint density at radius 1 is 1.16 bits per heavy atom. The van der Waals surface area contributed by atoms with Crippen molar-refractivity contribution in [3.05, 3.63) is 64.9 Å². The van der Waals surface area contributed by atoms with Crippen LogP contribution in [0.5, 0.6) is 0 Å². The number of benzene rings is 1. The summed E-state index contributed by atoms with van der Waals surface area (Å²) in [5.74, 6) is 1.11. The number of hydrogen-bond donors (Lipinski definition) is 2. The highest BCUT2D eigenvalue weighted by atomic mass is 32.2. The van der Waals surface area contributed by atoms with Crippen LogP contribution < -0.4 is 10.6 Å². The van der Waals surface area contributed by atoms with E-state index in [1.54, 1.807) is 59.2 Å². The molecule has 3 aromatic rings. The van der Waals surface area contributed by atoms with E-state index in [9.17, 15) is 8.42 Å². The first-order valence-electron chi connectivity index (χ1n) is 12.5. The third kappa shape index (κ3) is 5.69. The molecule has 2 fully saturated rings. The number of hydrogen-bond acceptors (Lipinski definition) is 9. The van der Waals surface area contributed by atoms with Crippen LogP contribution >= 0.6 is 11.3 Å². The Balaban J connectivity index is 1.23. The number of sulfonamides is 1. The van der Waals surface area contributed by atoms with E-state index in [1.807, 2.05) is 25.4 Å². The molecule has 2 atom stereocenters. The minimum absolute atomic E-state index is 0.00347. The first-order chi connectivity index (χ1) is 17.8. The number of piperidine rings is 1. The van der Waals surface area contributed by atoms with Gasteiger partial charge in [0.05, 0.1) is 16.1 Å². The van der Waals surface area contributed by atoms with E-state index >= 15 is 0 Å². The molecule has 2 aromatic heterocycles. The number of rotatable bonds is 9. The van der Waals surface area contributed by atoms with Gasteiger partial charge in [0.15, 0.2) is 0 Å². The standard InChI is InChI=1S/C26H33N7O2S2/c1-4-18(2)29-25-11-12-27-26(31-25)30-19-5-9-24(10-6-19)37(34,35)32(3)23-13-21-7-8-22(14-23)33(21)15-20-16-36-17-28-20/h4-6,9-12,16-17,21-23H,7-8,13-15H2,1-3H3,(H2,27,29,30,31)/b18-4+. The van der Waals surface area contributed by atoms with Crippen LogP contribution in [0.3, 0.4) is 0 Å². The van der Waals surface area contributed by atoms with Crippen molar-refractivity contribution >= 4 is 38.8 Å².